The number of benzene rings is 4. The Morgan fingerprint density at radius 2 is 0.826 bits per heavy atom. The van der Waals surface area contributed by atoms with Gasteiger partial charge in [0, 0.05) is 55.5 Å². The largest absolute Gasteiger partial charge is 1.00 e. The van der Waals surface area contributed by atoms with Crippen LogP contribution in [-0.2, 0) is 45.3 Å². The molecule has 4 aromatic carbocycles. The number of hydrogen-bond donors (Lipinski definition) is 2. The van der Waals surface area contributed by atoms with Crippen molar-refractivity contribution in [2.75, 3.05) is 5.73 Å². The standard InChI is InChI=1S/C19H17ClN2O2S.C14H15N.C5H3Cl2NO2S.C5H5ClN2.3C2H6.HNO2.Na/c20-19-18(12-7-13-21-19)25(23,24)22(14-16-8-3-1-4-9-16)15-17-10-5-2-6-11-17;1-3-7-13(8-4-1)11-15-12-14-9-5-2-6-10-14;6-5-4(11(7,9)10)2-1-3-8-5;6-5-4(7)2-1-3-8-5;3*1-2;2-1-3;/h1-13H,14-15H2;1-10,15H,11-12H2;1-3H;1-3H,7H2;3*1-2H3;(H,2,3);/q;;;;;;;;+1/p-1. The minimum atomic E-state index is -3.79. The molecule has 0 saturated carbocycles. The summed E-state index contributed by atoms with van der Waals surface area (Å²) in [6.07, 6.45) is 4.45. The zero-order valence-electron chi connectivity index (χ0n) is 39.7. The minimum Gasteiger partial charge on any atom is -0.444 e. The molecule has 3 aromatic heterocycles. The first-order valence-electron chi connectivity index (χ1n) is 21.1. The van der Waals surface area contributed by atoms with Crippen LogP contribution < -0.4 is 40.6 Å². The van der Waals surface area contributed by atoms with Crippen molar-refractivity contribution in [1.29, 1.82) is 0 Å². The van der Waals surface area contributed by atoms with Gasteiger partial charge in [0.05, 0.1) is 5.69 Å². The number of rotatable bonds is 11. The molecule has 366 valence electrons. The van der Waals surface area contributed by atoms with E-state index in [1.165, 1.54) is 46.0 Å². The molecule has 0 fully saturated rings. The molecule has 13 nitrogen and oxygen atoms in total. The van der Waals surface area contributed by atoms with Crippen molar-refractivity contribution in [2.24, 2.45) is 5.34 Å². The number of nitrogens with zero attached hydrogens (tertiary/aromatic N) is 5. The Hall–Kier alpha value is -4.49. The molecule has 3 heterocycles. The van der Waals surface area contributed by atoms with Crippen LogP contribution in [0.3, 0.4) is 0 Å². The molecule has 0 aliphatic heterocycles. The second-order valence-corrected chi connectivity index (χ2v) is 17.8. The Balaban J connectivity index is 0. The minimum absolute atomic E-state index is 0. The van der Waals surface area contributed by atoms with Crippen LogP contribution in [0.5, 0.6) is 0 Å². The van der Waals surface area contributed by atoms with Gasteiger partial charge in [0.25, 0.3) is 9.05 Å². The molecule has 0 aliphatic rings. The molecule has 7 aromatic rings. The molecule has 0 unspecified atom stereocenters. The summed E-state index contributed by atoms with van der Waals surface area (Å²) in [7, 11) is -2.53. The van der Waals surface area contributed by atoms with E-state index >= 15 is 0 Å². The van der Waals surface area contributed by atoms with Gasteiger partial charge >= 0.3 is 29.6 Å². The Kier molecular flexibility index (Phi) is 38.9. The van der Waals surface area contributed by atoms with Gasteiger partial charge in [-0.3, -0.25) is 0 Å². The summed E-state index contributed by atoms with van der Waals surface area (Å²) in [5.74, 6) is 0. The van der Waals surface area contributed by atoms with E-state index in [9.17, 15) is 16.8 Å². The topological polar surface area (TPSA) is 201 Å². The third kappa shape index (κ3) is 28.1. The molecule has 0 spiro atoms. The fourth-order valence-corrected chi connectivity index (χ4v) is 8.37. The van der Waals surface area contributed by atoms with Gasteiger partial charge in [-0.2, -0.15) is 4.31 Å². The van der Waals surface area contributed by atoms with Crippen molar-refractivity contribution in [3.05, 3.63) is 224 Å². The van der Waals surface area contributed by atoms with Crippen LogP contribution in [-0.4, -0.2) is 36.1 Å². The van der Waals surface area contributed by atoms with E-state index in [1.807, 2.05) is 114 Å². The average Bonchev–Trinajstić information content (AvgIpc) is 3.36. The van der Waals surface area contributed by atoms with Crippen molar-refractivity contribution in [2.45, 2.75) is 77.5 Å². The van der Waals surface area contributed by atoms with Gasteiger partial charge in [-0.05, 0) is 58.7 Å². The van der Waals surface area contributed by atoms with E-state index in [0.717, 1.165) is 29.6 Å². The molecule has 20 heteroatoms. The first-order valence-corrected chi connectivity index (χ1v) is 26.0. The first kappa shape index (κ1) is 66.6. The number of aromatic nitrogens is 3. The van der Waals surface area contributed by atoms with Crippen LogP contribution in [0, 0.1) is 10.1 Å². The quantitative estimate of drug-likeness (QED) is 0.0410. The molecule has 0 saturated heterocycles. The fourth-order valence-electron chi connectivity index (χ4n) is 5.00. The van der Waals surface area contributed by atoms with Crippen molar-refractivity contribution in [3.63, 3.8) is 0 Å². The third-order valence-corrected chi connectivity index (χ3v) is 12.2. The van der Waals surface area contributed by atoms with Crippen LogP contribution in [0.25, 0.3) is 0 Å². The van der Waals surface area contributed by atoms with Crippen molar-refractivity contribution < 1.29 is 46.4 Å². The average molecular weight is 1070 g/mol. The summed E-state index contributed by atoms with van der Waals surface area (Å²) in [6, 6.07) is 49.1. The number of pyridine rings is 3. The summed E-state index contributed by atoms with van der Waals surface area (Å²) in [5, 5.41) is 12.7. The molecular weight excluding hydrogens is 1010 g/mol. The van der Waals surface area contributed by atoms with Crippen LogP contribution in [0.2, 0.25) is 15.5 Å². The number of halogens is 4. The van der Waals surface area contributed by atoms with Gasteiger partial charge in [-0.15, -0.1) is 5.34 Å². The number of nitrogen functional groups attached to an aromatic ring is 1. The number of nitrogens with one attached hydrogen (secondary N) is 1. The number of hydrogen-bond acceptors (Lipinski definition) is 12. The van der Waals surface area contributed by atoms with Crippen LogP contribution in [0.1, 0.15) is 63.8 Å². The predicted octanol–water partition coefficient (Wildman–Crippen LogP) is 10.4. The molecule has 0 radical (unpaired) electrons. The molecule has 3 N–H and O–H groups in total. The zero-order chi connectivity index (χ0) is 51.2. The molecule has 0 amide bonds. The van der Waals surface area contributed by atoms with Crippen molar-refractivity contribution in [1.82, 2.24) is 24.6 Å². The molecule has 0 atom stereocenters. The summed E-state index contributed by atoms with van der Waals surface area (Å²) < 4.78 is 49.1. The van der Waals surface area contributed by atoms with Crippen LogP contribution >= 0.6 is 45.5 Å². The van der Waals surface area contributed by atoms with Crippen LogP contribution in [0.15, 0.2) is 191 Å². The fraction of sp³-hybridized carbons (Fsp3) is 0.204. The van der Waals surface area contributed by atoms with Crippen molar-refractivity contribution >= 4 is 70.2 Å². The van der Waals surface area contributed by atoms with Gasteiger partial charge in [0.1, 0.15) is 20.1 Å². The maximum Gasteiger partial charge on any atom is 1.00 e. The predicted molar refractivity (Wildman–Crippen MR) is 281 cm³/mol. The first-order chi connectivity index (χ1) is 32.8. The molecule has 0 aliphatic carbocycles. The van der Waals surface area contributed by atoms with E-state index in [-0.39, 0.29) is 62.7 Å². The van der Waals surface area contributed by atoms with Crippen LogP contribution in [0.4, 0.5) is 5.69 Å². The molecule has 7 rings (SSSR count). The molecule has 0 bridgehead atoms. The summed E-state index contributed by atoms with van der Waals surface area (Å²) in [6.45, 7) is 14.4. The maximum atomic E-state index is 13.2. The monoisotopic (exact) mass is 1070 g/mol. The summed E-state index contributed by atoms with van der Waals surface area (Å²) in [5.41, 5.74) is 10.3. The van der Waals surface area contributed by atoms with E-state index in [2.05, 4.69) is 68.8 Å². The smallest absolute Gasteiger partial charge is 0.444 e. The van der Waals surface area contributed by atoms with Gasteiger partial charge in [0.2, 0.25) is 10.0 Å². The van der Waals surface area contributed by atoms with E-state index in [4.69, 9.17) is 61.3 Å². The Bertz CT molecular complexity index is 2500. The SMILES string of the molecule is CC.CC.CC.Nc1cccnc1Cl.O=N[O-].O=S(=O)(Cl)c1cccnc1Cl.O=S(=O)(c1cccnc1Cl)N(Cc1ccccc1)Cc1ccccc1.[Na+].c1ccc(CNCc2ccccc2)cc1. The van der Waals surface area contributed by atoms with E-state index in [0.29, 0.717) is 10.8 Å². The summed E-state index contributed by atoms with van der Waals surface area (Å²) in [4.78, 5) is 19.0. The van der Waals surface area contributed by atoms with E-state index < -0.39 is 19.1 Å². The Morgan fingerprint density at radius 1 is 0.522 bits per heavy atom. The molecule has 69 heavy (non-hydrogen) atoms. The number of anilines is 1. The molecular formula is C49H58Cl4N7NaO6S2. The maximum absolute atomic E-state index is 13.2. The second-order valence-electron chi connectivity index (χ2n) is 12.3. The number of nitrogens with two attached hydrogens (primary N) is 1. The van der Waals surface area contributed by atoms with E-state index in [1.54, 1.807) is 24.4 Å². The van der Waals surface area contributed by atoms with Gasteiger partial charge in [0.15, 0.2) is 5.15 Å². The Labute approximate surface area is 450 Å². The van der Waals surface area contributed by atoms with Gasteiger partial charge < -0.3 is 21.2 Å². The normalized spacial score (nSPS) is 9.72. The van der Waals surface area contributed by atoms with Gasteiger partial charge in [-0.25, -0.2) is 31.8 Å². The summed E-state index contributed by atoms with van der Waals surface area (Å²) >= 11 is 16.9. The number of sulfonamides is 1. The van der Waals surface area contributed by atoms with Crippen molar-refractivity contribution in [3.8, 4) is 0 Å². The third-order valence-electron chi connectivity index (χ3n) is 7.87. The zero-order valence-corrected chi connectivity index (χ0v) is 46.3. The second kappa shape index (κ2) is 40.3. The Morgan fingerprint density at radius 3 is 1.10 bits per heavy atom. The van der Waals surface area contributed by atoms with Gasteiger partial charge in [-0.1, -0.05) is 198 Å².